The Bertz CT molecular complexity index is 1110. The molecule has 0 saturated heterocycles. The number of fused-ring (bicyclic) bond motifs is 3. The Morgan fingerprint density at radius 3 is 2.48 bits per heavy atom. The highest BCUT2D eigenvalue weighted by Crippen LogP contribution is 2.35. The van der Waals surface area contributed by atoms with Gasteiger partial charge in [0.05, 0.1) is 12.7 Å². The third-order valence-electron chi connectivity index (χ3n) is 6.29. The van der Waals surface area contributed by atoms with Gasteiger partial charge in [-0.25, -0.2) is 8.42 Å². The first-order valence-corrected chi connectivity index (χ1v) is 11.8. The Hall–Kier alpha value is -2.48. The van der Waals surface area contributed by atoms with Crippen molar-refractivity contribution in [1.82, 2.24) is 15.1 Å². The molecule has 2 aromatic rings. The van der Waals surface area contributed by atoms with Gasteiger partial charge < -0.3 is 5.32 Å². The molecule has 0 fully saturated rings. The number of benzene rings is 1. The number of carbonyl (C=O) groups is 2. The Morgan fingerprint density at radius 2 is 1.79 bits per heavy atom. The molecule has 0 saturated carbocycles. The summed E-state index contributed by atoms with van der Waals surface area (Å²) < 4.78 is 27.2. The molecule has 0 unspecified atom stereocenters. The summed E-state index contributed by atoms with van der Waals surface area (Å²) >= 11 is 0. The van der Waals surface area contributed by atoms with Gasteiger partial charge in [-0.15, -0.1) is 0 Å². The van der Waals surface area contributed by atoms with E-state index < -0.39 is 21.5 Å². The Labute approximate surface area is 169 Å². The summed E-state index contributed by atoms with van der Waals surface area (Å²) in [5, 5.41) is 6.66. The van der Waals surface area contributed by atoms with Crippen LogP contribution in [0.15, 0.2) is 17.2 Å². The third kappa shape index (κ3) is 3.10. The van der Waals surface area contributed by atoms with Crippen molar-refractivity contribution >= 4 is 21.5 Å². The fourth-order valence-electron chi connectivity index (χ4n) is 5.04. The number of amides is 1. The molecule has 1 N–H and O–H groups in total. The van der Waals surface area contributed by atoms with E-state index in [0.29, 0.717) is 13.1 Å². The van der Waals surface area contributed by atoms with Gasteiger partial charge in [0.2, 0.25) is 0 Å². The van der Waals surface area contributed by atoms with Crippen molar-refractivity contribution in [1.29, 1.82) is 0 Å². The Morgan fingerprint density at radius 1 is 1.10 bits per heavy atom. The van der Waals surface area contributed by atoms with Crippen molar-refractivity contribution in [2.45, 2.75) is 56.4 Å². The van der Waals surface area contributed by atoms with Crippen LogP contribution in [0.2, 0.25) is 0 Å². The monoisotopic (exact) mass is 413 g/mol. The lowest BCUT2D eigenvalue weighted by Crippen LogP contribution is -2.36. The number of sulfone groups is 1. The maximum atomic E-state index is 12.9. The molecule has 1 aromatic heterocycles. The normalized spacial score (nSPS) is 17.6. The van der Waals surface area contributed by atoms with E-state index in [1.54, 1.807) is 0 Å². The standard InChI is InChI=1S/C21H23N3O4S/c25-15(10-18-16-5-1-3-13(16)9-14-4-2-6-17(14)18)12-29(27,28)19-11-23-24-8-7-22-21(26)20(19)24/h9,11H,1-8,10,12H2,(H,22,26). The van der Waals surface area contributed by atoms with Crippen molar-refractivity contribution in [2.24, 2.45) is 0 Å². The van der Waals surface area contributed by atoms with E-state index in [9.17, 15) is 18.0 Å². The molecular weight excluding hydrogens is 390 g/mol. The minimum atomic E-state index is -3.93. The SMILES string of the molecule is O=C(Cc1c2c(cc3c1CCC3)CCC2)CS(=O)(=O)c1cnn2c1C(=O)NCC2. The fraction of sp³-hybridized carbons (Fsp3) is 0.476. The number of Topliss-reactive ketones (excluding diaryl/α,β-unsaturated/α-hetero) is 1. The fourth-order valence-corrected chi connectivity index (χ4v) is 6.42. The van der Waals surface area contributed by atoms with Crippen LogP contribution >= 0.6 is 0 Å². The molecule has 3 aliphatic rings. The van der Waals surface area contributed by atoms with E-state index in [4.69, 9.17) is 0 Å². The van der Waals surface area contributed by atoms with Crippen LogP contribution in [-0.4, -0.2) is 42.2 Å². The van der Waals surface area contributed by atoms with Crippen LogP contribution in [0.1, 0.15) is 51.1 Å². The van der Waals surface area contributed by atoms with Crippen LogP contribution in [0.3, 0.4) is 0 Å². The van der Waals surface area contributed by atoms with Crippen molar-refractivity contribution in [3.63, 3.8) is 0 Å². The number of nitrogens with zero attached hydrogens (tertiary/aromatic N) is 2. The zero-order chi connectivity index (χ0) is 20.2. The molecule has 0 atom stereocenters. The van der Waals surface area contributed by atoms with Crippen LogP contribution in [0, 0.1) is 0 Å². The highest BCUT2D eigenvalue weighted by atomic mass is 32.2. The molecule has 5 rings (SSSR count). The number of aromatic nitrogens is 2. The van der Waals surface area contributed by atoms with Crippen molar-refractivity contribution in [3.05, 3.63) is 45.8 Å². The van der Waals surface area contributed by atoms with Crippen LogP contribution in [0.25, 0.3) is 0 Å². The van der Waals surface area contributed by atoms with Crippen LogP contribution in [0.4, 0.5) is 0 Å². The molecule has 2 heterocycles. The van der Waals surface area contributed by atoms with Gasteiger partial charge in [0.1, 0.15) is 16.3 Å². The lowest BCUT2D eigenvalue weighted by Gasteiger charge is -2.16. The van der Waals surface area contributed by atoms with E-state index in [2.05, 4.69) is 16.5 Å². The summed E-state index contributed by atoms with van der Waals surface area (Å²) in [7, 11) is -3.93. The first-order chi connectivity index (χ1) is 13.9. The quantitative estimate of drug-likeness (QED) is 0.794. The summed E-state index contributed by atoms with van der Waals surface area (Å²) in [4.78, 5) is 24.8. The topological polar surface area (TPSA) is 98.1 Å². The number of hydrogen-bond acceptors (Lipinski definition) is 5. The van der Waals surface area contributed by atoms with Gasteiger partial charge in [0.15, 0.2) is 15.6 Å². The highest BCUT2D eigenvalue weighted by Gasteiger charge is 2.32. The maximum absolute atomic E-state index is 12.9. The zero-order valence-corrected chi connectivity index (χ0v) is 17.0. The molecule has 29 heavy (non-hydrogen) atoms. The molecule has 0 spiro atoms. The number of ketones is 1. The maximum Gasteiger partial charge on any atom is 0.270 e. The lowest BCUT2D eigenvalue weighted by atomic mass is 9.91. The zero-order valence-electron chi connectivity index (χ0n) is 16.2. The predicted molar refractivity (Wildman–Crippen MR) is 106 cm³/mol. The van der Waals surface area contributed by atoms with Crippen molar-refractivity contribution < 1.29 is 18.0 Å². The van der Waals surface area contributed by atoms with Gasteiger partial charge in [-0.2, -0.15) is 5.10 Å². The molecule has 152 valence electrons. The number of nitrogens with one attached hydrogen (secondary N) is 1. The number of aryl methyl sites for hydroxylation is 2. The molecule has 8 heteroatoms. The molecule has 0 radical (unpaired) electrons. The van der Waals surface area contributed by atoms with E-state index >= 15 is 0 Å². The smallest absolute Gasteiger partial charge is 0.270 e. The molecule has 2 aliphatic carbocycles. The van der Waals surface area contributed by atoms with Crippen LogP contribution in [0.5, 0.6) is 0 Å². The van der Waals surface area contributed by atoms with Gasteiger partial charge in [-0.1, -0.05) is 6.07 Å². The average Bonchev–Trinajstić information content (AvgIpc) is 3.40. The van der Waals surface area contributed by atoms with Gasteiger partial charge in [0.25, 0.3) is 5.91 Å². The minimum absolute atomic E-state index is 0.0329. The van der Waals surface area contributed by atoms with Crippen LogP contribution in [-0.2, 0) is 53.3 Å². The molecule has 1 aromatic carbocycles. The minimum Gasteiger partial charge on any atom is -0.349 e. The first kappa shape index (κ1) is 18.5. The first-order valence-electron chi connectivity index (χ1n) is 10.2. The molecular formula is C21H23N3O4S. The lowest BCUT2D eigenvalue weighted by molar-refractivity contribution is -0.116. The largest absolute Gasteiger partial charge is 0.349 e. The summed E-state index contributed by atoms with van der Waals surface area (Å²) in [5.41, 5.74) is 6.29. The average molecular weight is 413 g/mol. The van der Waals surface area contributed by atoms with Crippen molar-refractivity contribution in [2.75, 3.05) is 12.3 Å². The van der Waals surface area contributed by atoms with Crippen molar-refractivity contribution in [3.8, 4) is 0 Å². The second-order valence-corrected chi connectivity index (χ2v) is 10.1. The van der Waals surface area contributed by atoms with E-state index in [0.717, 1.165) is 44.1 Å². The van der Waals surface area contributed by atoms with Gasteiger partial charge >= 0.3 is 0 Å². The Balaban J connectivity index is 1.43. The third-order valence-corrected chi connectivity index (χ3v) is 7.96. The number of rotatable bonds is 5. The molecule has 7 nitrogen and oxygen atoms in total. The highest BCUT2D eigenvalue weighted by molar-refractivity contribution is 7.92. The summed E-state index contributed by atoms with van der Waals surface area (Å²) in [5.74, 6) is -1.38. The summed E-state index contributed by atoms with van der Waals surface area (Å²) in [6.07, 6.45) is 7.55. The molecule has 1 aliphatic heterocycles. The molecule has 1 amide bonds. The number of carbonyl (C=O) groups excluding carboxylic acids is 2. The van der Waals surface area contributed by atoms with Gasteiger partial charge in [0, 0.05) is 13.0 Å². The molecule has 0 bridgehead atoms. The van der Waals surface area contributed by atoms with E-state index in [-0.39, 0.29) is 22.8 Å². The second-order valence-electron chi connectivity index (χ2n) is 8.15. The number of hydrogen-bond donors (Lipinski definition) is 1. The van der Waals surface area contributed by atoms with E-state index in [1.165, 1.54) is 33.1 Å². The summed E-state index contributed by atoms with van der Waals surface area (Å²) in [6.45, 7) is 0.836. The Kier molecular flexibility index (Phi) is 4.34. The van der Waals surface area contributed by atoms with Gasteiger partial charge in [-0.05, 0) is 66.3 Å². The summed E-state index contributed by atoms with van der Waals surface area (Å²) in [6, 6.07) is 2.30. The van der Waals surface area contributed by atoms with Crippen LogP contribution < -0.4 is 5.32 Å². The van der Waals surface area contributed by atoms with Gasteiger partial charge in [-0.3, -0.25) is 14.3 Å². The predicted octanol–water partition coefficient (Wildman–Crippen LogP) is 1.19. The second kappa shape index (κ2) is 6.79. The van der Waals surface area contributed by atoms with E-state index in [1.807, 2.05) is 0 Å².